The van der Waals surface area contributed by atoms with Crippen LogP contribution in [0.4, 0.5) is 0 Å². The van der Waals surface area contributed by atoms with Crippen LogP contribution in [0.25, 0.3) is 4.96 Å². The summed E-state index contributed by atoms with van der Waals surface area (Å²) in [7, 11) is 1.74. The van der Waals surface area contributed by atoms with E-state index in [4.69, 9.17) is 4.74 Å². The van der Waals surface area contributed by atoms with Crippen LogP contribution < -0.4 is 5.32 Å². The van der Waals surface area contributed by atoms with Crippen molar-refractivity contribution in [2.75, 3.05) is 13.7 Å². The summed E-state index contributed by atoms with van der Waals surface area (Å²) < 4.78 is 7.24. The Hall–Kier alpha value is -0.910. The summed E-state index contributed by atoms with van der Waals surface area (Å²) in [6.45, 7) is 5.90. The zero-order chi connectivity index (χ0) is 12.3. The summed E-state index contributed by atoms with van der Waals surface area (Å²) in [6, 6.07) is 0.457. The minimum Gasteiger partial charge on any atom is -0.385 e. The molecule has 2 heterocycles. The summed E-state index contributed by atoms with van der Waals surface area (Å²) in [5.74, 6) is 0. The maximum absolute atomic E-state index is 5.08. The monoisotopic (exact) mass is 253 g/mol. The summed E-state index contributed by atoms with van der Waals surface area (Å²) in [5, 5.41) is 5.58. The fourth-order valence-corrected chi connectivity index (χ4v) is 2.60. The van der Waals surface area contributed by atoms with Gasteiger partial charge in [-0.25, -0.2) is 4.98 Å². The van der Waals surface area contributed by atoms with Gasteiger partial charge >= 0.3 is 0 Å². The van der Waals surface area contributed by atoms with Crippen molar-refractivity contribution in [3.8, 4) is 0 Å². The molecule has 0 saturated heterocycles. The van der Waals surface area contributed by atoms with Gasteiger partial charge in [0.05, 0.1) is 11.4 Å². The molecule has 1 N–H and O–H groups in total. The van der Waals surface area contributed by atoms with Gasteiger partial charge in [0.2, 0.25) is 0 Å². The van der Waals surface area contributed by atoms with Crippen molar-refractivity contribution in [1.29, 1.82) is 0 Å². The number of hydrogen-bond donors (Lipinski definition) is 1. The number of thiazole rings is 1. The molecule has 17 heavy (non-hydrogen) atoms. The molecule has 5 heteroatoms. The minimum absolute atomic E-state index is 0.457. The molecular weight excluding hydrogens is 234 g/mol. The average molecular weight is 253 g/mol. The van der Waals surface area contributed by atoms with Crippen LogP contribution in [-0.2, 0) is 11.3 Å². The number of imidazole rings is 1. The van der Waals surface area contributed by atoms with E-state index >= 15 is 0 Å². The van der Waals surface area contributed by atoms with Crippen LogP contribution in [0, 0.1) is 6.92 Å². The largest absolute Gasteiger partial charge is 0.385 e. The number of rotatable bonds is 6. The Balaban J connectivity index is 1.98. The number of aryl methyl sites for hydroxylation is 1. The minimum atomic E-state index is 0.457. The molecule has 0 spiro atoms. The first-order chi connectivity index (χ1) is 8.22. The van der Waals surface area contributed by atoms with E-state index in [1.807, 2.05) is 0 Å². The molecule has 0 aliphatic heterocycles. The van der Waals surface area contributed by atoms with Crippen molar-refractivity contribution in [1.82, 2.24) is 14.7 Å². The first kappa shape index (κ1) is 12.5. The van der Waals surface area contributed by atoms with Gasteiger partial charge in [-0.15, -0.1) is 11.3 Å². The smallest absolute Gasteiger partial charge is 0.194 e. The molecule has 94 valence electrons. The zero-order valence-electron chi connectivity index (χ0n) is 10.6. The summed E-state index contributed by atoms with van der Waals surface area (Å²) in [5.41, 5.74) is 2.37. The van der Waals surface area contributed by atoms with Crippen molar-refractivity contribution in [3.05, 3.63) is 23.0 Å². The lowest BCUT2D eigenvalue weighted by Gasteiger charge is -2.13. The Kier molecular flexibility index (Phi) is 4.15. The number of hydrogen-bond acceptors (Lipinski definition) is 4. The molecule has 2 rings (SSSR count). The molecule has 0 amide bonds. The molecule has 1 atom stereocenters. The van der Waals surface area contributed by atoms with Gasteiger partial charge in [0.15, 0.2) is 4.96 Å². The fraction of sp³-hybridized carbons (Fsp3) is 0.583. The SMILES string of the molecule is COCCC(C)NCc1c(C)nc2sccn12. The molecule has 4 nitrogen and oxygen atoms in total. The molecular formula is C12H19N3OS. The van der Waals surface area contributed by atoms with Crippen molar-refractivity contribution < 1.29 is 4.74 Å². The summed E-state index contributed by atoms with van der Waals surface area (Å²) in [4.78, 5) is 5.60. The van der Waals surface area contributed by atoms with Gasteiger partial charge in [-0.2, -0.15) is 0 Å². The normalized spacial score (nSPS) is 13.4. The molecule has 0 saturated carbocycles. The van der Waals surface area contributed by atoms with E-state index in [1.54, 1.807) is 18.4 Å². The highest BCUT2D eigenvalue weighted by atomic mass is 32.1. The predicted octanol–water partition coefficient (Wildman–Crippen LogP) is 2.22. The van der Waals surface area contributed by atoms with Crippen LogP contribution in [0.15, 0.2) is 11.6 Å². The highest BCUT2D eigenvalue weighted by Crippen LogP contribution is 2.16. The maximum atomic E-state index is 5.08. The molecule has 0 aromatic carbocycles. The lowest BCUT2D eigenvalue weighted by molar-refractivity contribution is 0.184. The molecule has 0 aliphatic rings. The van der Waals surface area contributed by atoms with Crippen LogP contribution in [0.2, 0.25) is 0 Å². The number of nitrogens with one attached hydrogen (secondary N) is 1. The highest BCUT2D eigenvalue weighted by molar-refractivity contribution is 7.15. The van der Waals surface area contributed by atoms with Gasteiger partial charge in [0.1, 0.15) is 0 Å². The third-order valence-corrected chi connectivity index (χ3v) is 3.69. The van der Waals surface area contributed by atoms with Crippen molar-refractivity contribution >= 4 is 16.3 Å². The van der Waals surface area contributed by atoms with Gasteiger partial charge in [0, 0.05) is 37.9 Å². The van der Waals surface area contributed by atoms with Crippen LogP contribution >= 0.6 is 11.3 Å². The van der Waals surface area contributed by atoms with Gasteiger partial charge < -0.3 is 10.1 Å². The average Bonchev–Trinajstić information content (AvgIpc) is 2.84. The van der Waals surface area contributed by atoms with Gasteiger partial charge in [-0.05, 0) is 20.3 Å². The molecule has 0 aliphatic carbocycles. The zero-order valence-corrected chi connectivity index (χ0v) is 11.4. The predicted molar refractivity (Wildman–Crippen MR) is 70.6 cm³/mol. The van der Waals surface area contributed by atoms with Gasteiger partial charge in [-0.1, -0.05) is 0 Å². The quantitative estimate of drug-likeness (QED) is 0.858. The van der Waals surface area contributed by atoms with Crippen molar-refractivity contribution in [2.45, 2.75) is 32.9 Å². The van der Waals surface area contributed by atoms with Crippen LogP contribution in [0.1, 0.15) is 24.7 Å². The topological polar surface area (TPSA) is 38.6 Å². The highest BCUT2D eigenvalue weighted by Gasteiger charge is 2.10. The first-order valence-electron chi connectivity index (χ1n) is 5.85. The molecule has 0 radical (unpaired) electrons. The summed E-state index contributed by atoms with van der Waals surface area (Å²) >= 11 is 1.67. The van der Waals surface area contributed by atoms with Gasteiger partial charge in [0.25, 0.3) is 0 Å². The molecule has 2 aromatic heterocycles. The lowest BCUT2D eigenvalue weighted by Crippen LogP contribution is -2.27. The molecule has 0 fully saturated rings. The Morgan fingerprint density at radius 2 is 2.41 bits per heavy atom. The third-order valence-electron chi connectivity index (χ3n) is 2.93. The fourth-order valence-electron chi connectivity index (χ4n) is 1.82. The van der Waals surface area contributed by atoms with Crippen molar-refractivity contribution in [2.24, 2.45) is 0 Å². The third kappa shape index (κ3) is 2.86. The number of ether oxygens (including phenoxy) is 1. The van der Waals surface area contributed by atoms with Gasteiger partial charge in [-0.3, -0.25) is 4.40 Å². The van der Waals surface area contributed by atoms with Crippen LogP contribution in [0.5, 0.6) is 0 Å². The van der Waals surface area contributed by atoms with E-state index < -0.39 is 0 Å². The number of aromatic nitrogens is 2. The molecule has 2 aromatic rings. The van der Waals surface area contributed by atoms with E-state index in [2.05, 4.69) is 40.1 Å². The number of fused-ring (bicyclic) bond motifs is 1. The number of nitrogens with zero attached hydrogens (tertiary/aromatic N) is 2. The molecule has 0 bridgehead atoms. The Bertz CT molecular complexity index is 477. The Morgan fingerprint density at radius 3 is 3.18 bits per heavy atom. The maximum Gasteiger partial charge on any atom is 0.194 e. The Morgan fingerprint density at radius 1 is 1.59 bits per heavy atom. The summed E-state index contributed by atoms with van der Waals surface area (Å²) in [6.07, 6.45) is 3.11. The van der Waals surface area contributed by atoms with Crippen LogP contribution in [-0.4, -0.2) is 29.1 Å². The second-order valence-corrected chi connectivity index (χ2v) is 5.14. The Labute approximate surface area is 106 Å². The first-order valence-corrected chi connectivity index (χ1v) is 6.73. The van der Waals surface area contributed by atoms with Crippen LogP contribution in [0.3, 0.4) is 0 Å². The molecule has 1 unspecified atom stereocenters. The second kappa shape index (κ2) is 5.62. The second-order valence-electron chi connectivity index (χ2n) is 4.26. The van der Waals surface area contributed by atoms with E-state index in [-0.39, 0.29) is 0 Å². The van der Waals surface area contributed by atoms with E-state index in [0.29, 0.717) is 6.04 Å². The lowest BCUT2D eigenvalue weighted by atomic mass is 10.2. The van der Waals surface area contributed by atoms with E-state index in [1.165, 1.54) is 5.69 Å². The van der Waals surface area contributed by atoms with Crippen molar-refractivity contribution in [3.63, 3.8) is 0 Å². The van der Waals surface area contributed by atoms with E-state index in [0.717, 1.165) is 30.2 Å². The standard InChI is InChI=1S/C12H19N3OS/c1-9(4-6-16-3)13-8-11-10(2)14-12-15(11)5-7-17-12/h5,7,9,13H,4,6,8H2,1-3H3. The number of methoxy groups -OCH3 is 1. The van der Waals surface area contributed by atoms with E-state index in [9.17, 15) is 0 Å².